The van der Waals surface area contributed by atoms with E-state index in [9.17, 15) is 27.5 Å². The number of pyridine rings is 1. The van der Waals surface area contributed by atoms with Crippen molar-refractivity contribution in [3.05, 3.63) is 46.3 Å². The van der Waals surface area contributed by atoms with E-state index in [1.807, 2.05) is 0 Å². The summed E-state index contributed by atoms with van der Waals surface area (Å²) in [5.41, 5.74) is -0.838. The lowest BCUT2D eigenvalue weighted by molar-refractivity contribution is -0.177. The summed E-state index contributed by atoms with van der Waals surface area (Å²) in [5, 5.41) is 15.0. The van der Waals surface area contributed by atoms with Gasteiger partial charge in [0.1, 0.15) is 40.7 Å². The van der Waals surface area contributed by atoms with E-state index < -0.39 is 47.5 Å². The fourth-order valence-corrected chi connectivity index (χ4v) is 9.04. The van der Waals surface area contributed by atoms with Gasteiger partial charge in [-0.1, -0.05) is 35.3 Å². The normalized spacial score (nSPS) is 26.9. The minimum absolute atomic E-state index is 0.0453. The number of piperazine rings is 1. The zero-order valence-electron chi connectivity index (χ0n) is 26.4. The predicted octanol–water partition coefficient (Wildman–Crippen LogP) is 6.64. The van der Waals surface area contributed by atoms with Gasteiger partial charge in [0, 0.05) is 60.0 Å². The van der Waals surface area contributed by atoms with Gasteiger partial charge in [-0.15, -0.1) is 0 Å². The van der Waals surface area contributed by atoms with E-state index in [1.54, 1.807) is 23.1 Å². The Morgan fingerprint density at radius 1 is 1.08 bits per heavy atom. The number of phenols is 1. The standard InChI is InChI=1S/C34H31Cl2F5N6O3/c35-23-4-1-3-16-9-21(48)10-22(24(16)23)27-26(38)28-25(30(36)43-27)31(45-32(44-28)50-15-33-5-2-6-47(33)12-18(37)11-33)46-13-19-7-17(8-20(14-46)42-19)29(49)34(39,40)41/h1,3-4,9-10,17-20,42,48H,2,5-8,11-15H2/t17?,18?,19?,20?,33-/m0/s1. The number of benzene rings is 2. The molecule has 0 amide bonds. The lowest BCUT2D eigenvalue weighted by Gasteiger charge is -2.45. The summed E-state index contributed by atoms with van der Waals surface area (Å²) < 4.78 is 77.6. The van der Waals surface area contributed by atoms with Crippen LogP contribution in [0.15, 0.2) is 30.3 Å². The van der Waals surface area contributed by atoms with Crippen LogP contribution in [0.1, 0.15) is 32.1 Å². The topological polar surface area (TPSA) is 104 Å². The molecule has 4 aliphatic rings. The average molecular weight is 738 g/mol. The Morgan fingerprint density at radius 2 is 1.84 bits per heavy atom. The fraction of sp³-hybridized carbons (Fsp3) is 0.471. The van der Waals surface area contributed by atoms with Crippen molar-refractivity contribution in [2.24, 2.45) is 5.92 Å². The Kier molecular flexibility index (Phi) is 8.24. The molecule has 4 aromatic rings. The van der Waals surface area contributed by atoms with Crippen LogP contribution in [0.4, 0.5) is 27.8 Å². The second-order valence-corrected chi connectivity index (χ2v) is 14.6. The molecule has 16 heteroatoms. The Bertz CT molecular complexity index is 2020. The van der Waals surface area contributed by atoms with Gasteiger partial charge in [-0.3, -0.25) is 9.69 Å². The Labute approximate surface area is 292 Å². The number of Topliss-reactive ketones (excluding diaryl/α,β-unsaturated/α-hetero) is 1. The van der Waals surface area contributed by atoms with Crippen LogP contribution in [0, 0.1) is 11.7 Å². The van der Waals surface area contributed by atoms with Crippen molar-refractivity contribution in [1.29, 1.82) is 0 Å². The molecule has 0 spiro atoms. The van der Waals surface area contributed by atoms with Crippen LogP contribution in [-0.4, -0.2) is 93.5 Å². The van der Waals surface area contributed by atoms with Crippen molar-refractivity contribution in [3.63, 3.8) is 0 Å². The number of piperidine rings is 1. The van der Waals surface area contributed by atoms with Gasteiger partial charge < -0.3 is 20.1 Å². The third kappa shape index (κ3) is 5.77. The van der Waals surface area contributed by atoms with Crippen molar-refractivity contribution >= 4 is 56.5 Å². The zero-order valence-corrected chi connectivity index (χ0v) is 27.9. The van der Waals surface area contributed by atoms with Gasteiger partial charge in [0.15, 0.2) is 5.82 Å². The number of hydrogen-bond acceptors (Lipinski definition) is 9. The maximum Gasteiger partial charge on any atom is 0.450 e. The molecule has 0 aliphatic carbocycles. The highest BCUT2D eigenvalue weighted by molar-refractivity contribution is 6.37. The summed E-state index contributed by atoms with van der Waals surface area (Å²) in [6.45, 7) is 1.37. The number of nitrogens with zero attached hydrogens (tertiary/aromatic N) is 5. The van der Waals surface area contributed by atoms with Crippen LogP contribution in [0.3, 0.4) is 0 Å². The number of hydrogen-bond donors (Lipinski definition) is 2. The number of alkyl halides is 4. The molecule has 2 bridgehead atoms. The molecule has 0 radical (unpaired) electrons. The molecular formula is C34H31Cl2F5N6O3. The van der Waals surface area contributed by atoms with Crippen LogP contribution in [0.5, 0.6) is 11.8 Å². The Morgan fingerprint density at radius 3 is 2.58 bits per heavy atom. The summed E-state index contributed by atoms with van der Waals surface area (Å²) in [6.07, 6.45) is -4.15. The minimum atomic E-state index is -4.93. The van der Waals surface area contributed by atoms with Gasteiger partial charge >= 0.3 is 12.2 Å². The fourth-order valence-electron chi connectivity index (χ4n) is 8.50. The molecule has 50 heavy (non-hydrogen) atoms. The Balaban J connectivity index is 1.23. The van der Waals surface area contributed by atoms with Crippen molar-refractivity contribution in [1.82, 2.24) is 25.2 Å². The lowest BCUT2D eigenvalue weighted by Crippen LogP contribution is -2.62. The van der Waals surface area contributed by atoms with Crippen molar-refractivity contribution in [2.75, 3.05) is 37.7 Å². The van der Waals surface area contributed by atoms with E-state index >= 15 is 4.39 Å². The quantitative estimate of drug-likeness (QED) is 0.167. The van der Waals surface area contributed by atoms with E-state index in [-0.39, 0.29) is 83.9 Å². The number of halogens is 7. The molecule has 3 unspecified atom stereocenters. The number of rotatable bonds is 6. The van der Waals surface area contributed by atoms with E-state index in [0.717, 1.165) is 13.0 Å². The summed E-state index contributed by atoms with van der Waals surface area (Å²) in [4.78, 5) is 29.5. The molecule has 4 fully saturated rings. The first-order chi connectivity index (χ1) is 23.8. The third-order valence-electron chi connectivity index (χ3n) is 10.5. The maximum atomic E-state index is 16.9. The largest absolute Gasteiger partial charge is 0.508 e. The highest BCUT2D eigenvalue weighted by Crippen LogP contribution is 2.44. The highest BCUT2D eigenvalue weighted by Gasteiger charge is 2.50. The third-order valence-corrected chi connectivity index (χ3v) is 11.1. The molecular weight excluding hydrogens is 706 g/mol. The van der Waals surface area contributed by atoms with Crippen LogP contribution >= 0.6 is 23.2 Å². The molecule has 9 nitrogen and oxygen atoms in total. The summed E-state index contributed by atoms with van der Waals surface area (Å²) >= 11 is 13.4. The number of anilines is 1. The van der Waals surface area contributed by atoms with E-state index in [0.29, 0.717) is 28.8 Å². The van der Waals surface area contributed by atoms with Crippen LogP contribution in [0.25, 0.3) is 32.9 Å². The number of phenolic OH excluding ortho intramolecular Hbond substituents is 1. The SMILES string of the molecule is O=C(C1CC2CN(c3nc(OC[C@@]45CCCN4CC(F)C5)nc4c(F)c(-c5cc(O)cc6cccc(Cl)c56)nc(Cl)c34)CC(C1)N2)C(F)(F)F. The number of carbonyl (C=O) groups excluding carboxylic acids is 1. The second kappa shape index (κ2) is 12.3. The van der Waals surface area contributed by atoms with Crippen molar-refractivity contribution < 1.29 is 36.6 Å². The number of carbonyl (C=O) groups is 1. The molecule has 264 valence electrons. The van der Waals surface area contributed by atoms with Gasteiger partial charge in [0.05, 0.1) is 10.9 Å². The van der Waals surface area contributed by atoms with Gasteiger partial charge in [0.2, 0.25) is 5.78 Å². The lowest BCUT2D eigenvalue weighted by atomic mass is 9.82. The molecule has 0 saturated carbocycles. The van der Waals surface area contributed by atoms with Crippen molar-refractivity contribution in [2.45, 2.75) is 62.1 Å². The van der Waals surface area contributed by atoms with Crippen molar-refractivity contribution in [3.8, 4) is 23.0 Å². The van der Waals surface area contributed by atoms with Crippen LogP contribution in [-0.2, 0) is 4.79 Å². The minimum Gasteiger partial charge on any atom is -0.508 e. The van der Waals surface area contributed by atoms with Gasteiger partial charge in [-0.05, 0) is 55.8 Å². The monoisotopic (exact) mass is 736 g/mol. The molecule has 4 aliphatic heterocycles. The smallest absolute Gasteiger partial charge is 0.450 e. The first kappa shape index (κ1) is 33.5. The molecule has 4 atom stereocenters. The summed E-state index contributed by atoms with van der Waals surface area (Å²) in [7, 11) is 0. The van der Waals surface area contributed by atoms with Gasteiger partial charge in [-0.2, -0.15) is 23.1 Å². The van der Waals surface area contributed by atoms with E-state index in [2.05, 4.69) is 25.2 Å². The van der Waals surface area contributed by atoms with Crippen LogP contribution < -0.4 is 15.0 Å². The second-order valence-electron chi connectivity index (χ2n) is 13.8. The van der Waals surface area contributed by atoms with Gasteiger partial charge in [0.25, 0.3) is 0 Å². The number of aromatic nitrogens is 3. The first-order valence-corrected chi connectivity index (χ1v) is 17.2. The molecule has 2 aromatic carbocycles. The van der Waals surface area contributed by atoms with E-state index in [4.69, 9.17) is 27.9 Å². The van der Waals surface area contributed by atoms with Crippen LogP contribution in [0.2, 0.25) is 10.2 Å². The summed E-state index contributed by atoms with van der Waals surface area (Å²) in [6, 6.07) is 6.66. The van der Waals surface area contributed by atoms with E-state index in [1.165, 1.54) is 12.1 Å². The average Bonchev–Trinajstić information content (AvgIpc) is 3.59. The Hall–Kier alpha value is -3.59. The van der Waals surface area contributed by atoms with Gasteiger partial charge in [-0.25, -0.2) is 13.8 Å². The number of nitrogens with one attached hydrogen (secondary N) is 1. The number of fused-ring (bicyclic) bond motifs is 5. The number of ketones is 1. The molecule has 2 aromatic heterocycles. The molecule has 6 heterocycles. The first-order valence-electron chi connectivity index (χ1n) is 16.4. The number of ether oxygens (including phenoxy) is 1. The predicted molar refractivity (Wildman–Crippen MR) is 177 cm³/mol. The molecule has 8 rings (SSSR count). The number of aromatic hydroxyl groups is 1. The highest BCUT2D eigenvalue weighted by atomic mass is 35.5. The maximum absolute atomic E-state index is 16.9. The summed E-state index contributed by atoms with van der Waals surface area (Å²) in [5.74, 6) is -3.80. The molecule has 4 saturated heterocycles. The zero-order chi connectivity index (χ0) is 35.1. The molecule has 2 N–H and O–H groups in total.